The summed E-state index contributed by atoms with van der Waals surface area (Å²) in [6, 6.07) is 11.2. The van der Waals surface area contributed by atoms with E-state index in [1.54, 1.807) is 18.2 Å². The number of nitrogens with zero attached hydrogens (tertiary/aromatic N) is 1. The van der Waals surface area contributed by atoms with Crippen molar-refractivity contribution in [3.8, 4) is 11.3 Å². The highest BCUT2D eigenvalue weighted by atomic mass is 19.1. The van der Waals surface area contributed by atoms with Crippen LogP contribution in [0, 0.1) is 19.7 Å². The summed E-state index contributed by atoms with van der Waals surface area (Å²) < 4.78 is 13.1. The van der Waals surface area contributed by atoms with Crippen molar-refractivity contribution in [3.05, 3.63) is 65.0 Å². The maximum absolute atomic E-state index is 13.1. The Labute approximate surface area is 127 Å². The lowest BCUT2D eigenvalue weighted by Crippen LogP contribution is -2.02. The molecule has 110 valence electrons. The molecule has 0 saturated carbocycles. The van der Waals surface area contributed by atoms with Crippen LogP contribution in [0.2, 0.25) is 0 Å². The Morgan fingerprint density at radius 2 is 1.77 bits per heavy atom. The average Bonchev–Trinajstić information content (AvgIpc) is 2.46. The molecule has 0 spiro atoms. The predicted octanol–water partition coefficient (Wildman–Crippen LogP) is 4.36. The van der Waals surface area contributed by atoms with Crippen LogP contribution in [-0.4, -0.2) is 16.1 Å². The number of hydrogen-bond donors (Lipinski definition) is 1. The number of aromatic nitrogens is 1. The van der Waals surface area contributed by atoms with Crippen molar-refractivity contribution in [2.75, 3.05) is 0 Å². The number of hydrogen-bond acceptors (Lipinski definition) is 2. The third-order valence-electron chi connectivity index (χ3n) is 3.62. The summed E-state index contributed by atoms with van der Waals surface area (Å²) in [4.78, 5) is 16.2. The Morgan fingerprint density at radius 1 is 1.09 bits per heavy atom. The molecule has 1 heterocycles. The number of pyridine rings is 1. The van der Waals surface area contributed by atoms with E-state index in [0.29, 0.717) is 22.2 Å². The molecule has 0 amide bonds. The summed E-state index contributed by atoms with van der Waals surface area (Å²) in [5, 5.41) is 10.1. The van der Waals surface area contributed by atoms with Crippen molar-refractivity contribution in [2.24, 2.45) is 0 Å². The molecular weight excluding hydrogens is 281 g/mol. The van der Waals surface area contributed by atoms with E-state index < -0.39 is 5.97 Å². The number of carboxylic acids is 1. The first-order chi connectivity index (χ1) is 10.5. The average molecular weight is 295 g/mol. The molecule has 1 aromatic heterocycles. The minimum absolute atomic E-state index is 0.210. The monoisotopic (exact) mass is 295 g/mol. The number of carboxylic acid groups (broad SMARTS) is 1. The Kier molecular flexibility index (Phi) is 3.37. The highest BCUT2D eigenvalue weighted by Crippen LogP contribution is 2.28. The van der Waals surface area contributed by atoms with Gasteiger partial charge >= 0.3 is 5.97 Å². The van der Waals surface area contributed by atoms with Crippen LogP contribution in [0.15, 0.2) is 42.5 Å². The lowest BCUT2D eigenvalue weighted by Gasteiger charge is -2.10. The quantitative estimate of drug-likeness (QED) is 0.764. The van der Waals surface area contributed by atoms with E-state index in [4.69, 9.17) is 0 Å². The van der Waals surface area contributed by atoms with Crippen LogP contribution in [0.5, 0.6) is 0 Å². The standard InChI is InChI=1S/C18H14FNO2/c1-10-7-11(2)17-14(18(21)22)9-15(20-16(17)8-10)12-3-5-13(19)6-4-12/h3-9H,1-2H3,(H,21,22). The van der Waals surface area contributed by atoms with Gasteiger partial charge in [0.1, 0.15) is 5.82 Å². The molecular formula is C18H14FNO2. The first-order valence-corrected chi connectivity index (χ1v) is 6.87. The zero-order valence-electron chi connectivity index (χ0n) is 12.2. The maximum atomic E-state index is 13.1. The fourth-order valence-corrected chi connectivity index (χ4v) is 2.69. The molecule has 0 saturated heterocycles. The minimum atomic E-state index is -0.997. The maximum Gasteiger partial charge on any atom is 0.336 e. The first-order valence-electron chi connectivity index (χ1n) is 6.87. The molecule has 2 aromatic carbocycles. The molecule has 4 heteroatoms. The van der Waals surface area contributed by atoms with Gasteiger partial charge in [-0.2, -0.15) is 0 Å². The van der Waals surface area contributed by atoms with Crippen molar-refractivity contribution >= 4 is 16.9 Å². The molecule has 0 atom stereocenters. The topological polar surface area (TPSA) is 50.2 Å². The minimum Gasteiger partial charge on any atom is -0.478 e. The van der Waals surface area contributed by atoms with Gasteiger partial charge in [-0.3, -0.25) is 0 Å². The Balaban J connectivity index is 2.34. The molecule has 3 nitrogen and oxygen atoms in total. The zero-order valence-corrected chi connectivity index (χ0v) is 12.2. The predicted molar refractivity (Wildman–Crippen MR) is 83.6 cm³/mol. The fraction of sp³-hybridized carbons (Fsp3) is 0.111. The van der Waals surface area contributed by atoms with Gasteiger partial charge in [0.15, 0.2) is 0 Å². The van der Waals surface area contributed by atoms with Crippen LogP contribution in [0.25, 0.3) is 22.2 Å². The summed E-state index contributed by atoms with van der Waals surface area (Å²) in [6.07, 6.45) is 0. The number of aromatic carboxylic acids is 1. The van der Waals surface area contributed by atoms with Crippen LogP contribution < -0.4 is 0 Å². The van der Waals surface area contributed by atoms with Gasteiger partial charge in [-0.15, -0.1) is 0 Å². The summed E-state index contributed by atoms with van der Waals surface area (Å²) in [6.45, 7) is 3.82. The third kappa shape index (κ3) is 2.44. The summed E-state index contributed by atoms with van der Waals surface area (Å²) in [5.41, 5.74) is 3.95. The van der Waals surface area contributed by atoms with E-state index in [1.807, 2.05) is 26.0 Å². The summed E-state index contributed by atoms with van der Waals surface area (Å²) in [5.74, 6) is -1.34. The molecule has 0 unspecified atom stereocenters. The van der Waals surface area contributed by atoms with E-state index in [0.717, 1.165) is 11.1 Å². The van der Waals surface area contributed by atoms with Gasteiger partial charge in [-0.05, 0) is 61.4 Å². The van der Waals surface area contributed by atoms with Crippen molar-refractivity contribution in [1.82, 2.24) is 4.98 Å². The van der Waals surface area contributed by atoms with Crippen molar-refractivity contribution in [1.29, 1.82) is 0 Å². The van der Waals surface area contributed by atoms with Gasteiger partial charge in [0.25, 0.3) is 0 Å². The van der Waals surface area contributed by atoms with Crippen LogP contribution in [0.4, 0.5) is 4.39 Å². The third-order valence-corrected chi connectivity index (χ3v) is 3.62. The molecule has 0 aliphatic heterocycles. The largest absolute Gasteiger partial charge is 0.478 e. The highest BCUT2D eigenvalue weighted by Gasteiger charge is 2.15. The van der Waals surface area contributed by atoms with Gasteiger partial charge < -0.3 is 5.11 Å². The Bertz CT molecular complexity index is 886. The van der Waals surface area contributed by atoms with Crippen molar-refractivity contribution in [2.45, 2.75) is 13.8 Å². The normalized spacial score (nSPS) is 10.9. The van der Waals surface area contributed by atoms with Gasteiger partial charge in [0.05, 0.1) is 16.8 Å². The number of rotatable bonds is 2. The highest BCUT2D eigenvalue weighted by molar-refractivity contribution is 6.05. The Morgan fingerprint density at radius 3 is 2.41 bits per heavy atom. The van der Waals surface area contributed by atoms with E-state index in [1.165, 1.54) is 12.1 Å². The van der Waals surface area contributed by atoms with Gasteiger partial charge in [-0.1, -0.05) is 6.07 Å². The molecule has 0 aliphatic rings. The summed E-state index contributed by atoms with van der Waals surface area (Å²) in [7, 11) is 0. The van der Waals surface area contributed by atoms with Gasteiger partial charge in [-0.25, -0.2) is 14.2 Å². The second-order valence-electron chi connectivity index (χ2n) is 5.34. The second kappa shape index (κ2) is 5.22. The van der Waals surface area contributed by atoms with Crippen LogP contribution in [0.3, 0.4) is 0 Å². The first kappa shape index (κ1) is 14.2. The number of fused-ring (bicyclic) bond motifs is 1. The lowest BCUT2D eigenvalue weighted by molar-refractivity contribution is 0.0699. The number of carbonyl (C=O) groups is 1. The zero-order chi connectivity index (χ0) is 15.9. The molecule has 3 rings (SSSR count). The van der Waals surface area contributed by atoms with E-state index in [9.17, 15) is 14.3 Å². The second-order valence-corrected chi connectivity index (χ2v) is 5.34. The van der Waals surface area contributed by atoms with Crippen molar-refractivity contribution < 1.29 is 14.3 Å². The van der Waals surface area contributed by atoms with E-state index in [-0.39, 0.29) is 11.4 Å². The number of benzene rings is 2. The molecule has 0 fully saturated rings. The lowest BCUT2D eigenvalue weighted by atomic mass is 9.99. The molecule has 22 heavy (non-hydrogen) atoms. The fourth-order valence-electron chi connectivity index (χ4n) is 2.69. The van der Waals surface area contributed by atoms with Crippen LogP contribution in [0.1, 0.15) is 21.5 Å². The van der Waals surface area contributed by atoms with E-state index in [2.05, 4.69) is 4.98 Å². The SMILES string of the molecule is Cc1cc(C)c2c(C(=O)O)cc(-c3ccc(F)cc3)nc2c1. The Hall–Kier alpha value is -2.75. The molecule has 3 aromatic rings. The molecule has 0 radical (unpaired) electrons. The van der Waals surface area contributed by atoms with Gasteiger partial charge in [0, 0.05) is 10.9 Å². The molecule has 0 aliphatic carbocycles. The van der Waals surface area contributed by atoms with Gasteiger partial charge in [0.2, 0.25) is 0 Å². The van der Waals surface area contributed by atoms with Crippen LogP contribution in [-0.2, 0) is 0 Å². The van der Waals surface area contributed by atoms with Crippen molar-refractivity contribution in [3.63, 3.8) is 0 Å². The smallest absolute Gasteiger partial charge is 0.336 e. The molecule has 1 N–H and O–H groups in total. The molecule has 0 bridgehead atoms. The van der Waals surface area contributed by atoms with E-state index >= 15 is 0 Å². The number of aryl methyl sites for hydroxylation is 2. The number of halogens is 1. The summed E-state index contributed by atoms with van der Waals surface area (Å²) >= 11 is 0. The van der Waals surface area contributed by atoms with Crippen LogP contribution >= 0.6 is 0 Å².